The van der Waals surface area contributed by atoms with Crippen molar-refractivity contribution in [1.29, 1.82) is 0 Å². The van der Waals surface area contributed by atoms with Crippen LogP contribution in [-0.2, 0) is 9.59 Å². The molecule has 0 heterocycles. The van der Waals surface area contributed by atoms with Crippen LogP contribution in [0, 0.1) is 0 Å². The fourth-order valence-electron chi connectivity index (χ4n) is 2.30. The van der Waals surface area contributed by atoms with Gasteiger partial charge in [0.05, 0.1) is 11.1 Å². The highest BCUT2D eigenvalue weighted by molar-refractivity contribution is 9.10. The molecule has 0 atom stereocenters. The summed E-state index contributed by atoms with van der Waals surface area (Å²) in [5, 5.41) is 18.4. The molecule has 1 rings (SSSR count). The summed E-state index contributed by atoms with van der Waals surface area (Å²) in [6.45, 7) is 6.41. The zero-order valence-electron chi connectivity index (χ0n) is 13.3. The van der Waals surface area contributed by atoms with E-state index in [1.165, 1.54) is 0 Å². The molecule has 7 heteroatoms. The highest BCUT2D eigenvalue weighted by atomic mass is 79.9. The number of allylic oxidation sites excluding steroid dienone is 1. The Hall–Kier alpha value is -2.02. The predicted molar refractivity (Wildman–Crippen MR) is 90.9 cm³/mol. The number of nitrogens with zero attached hydrogens (tertiary/aromatic N) is 1. The van der Waals surface area contributed by atoms with E-state index >= 15 is 0 Å². The molecule has 126 valence electrons. The Morgan fingerprint density at radius 1 is 1.17 bits per heavy atom. The number of halogens is 1. The van der Waals surface area contributed by atoms with Crippen LogP contribution < -0.4 is 9.64 Å². The number of carbonyl (C=O) groups is 2. The average molecular weight is 386 g/mol. The molecule has 2 N–H and O–H groups in total. The van der Waals surface area contributed by atoms with E-state index in [2.05, 4.69) is 15.9 Å². The standard InChI is InChI=1S/C16H20BrNO5/c1-4-12(14(15(19)20)16(21)22)18(5-2)10-7-8-13(23-6-3)11(17)9-10/h7-9H,4-6H2,1-3H3,(H,19,20)(H,21,22). The predicted octanol–water partition coefficient (Wildman–Crippen LogP) is 3.51. The van der Waals surface area contributed by atoms with E-state index in [0.717, 1.165) is 4.47 Å². The Kier molecular flexibility index (Phi) is 7.09. The number of hydrogen-bond donors (Lipinski definition) is 2. The molecule has 0 amide bonds. The van der Waals surface area contributed by atoms with Crippen molar-refractivity contribution < 1.29 is 24.5 Å². The van der Waals surface area contributed by atoms with Gasteiger partial charge in [0, 0.05) is 17.9 Å². The largest absolute Gasteiger partial charge is 0.493 e. The van der Waals surface area contributed by atoms with Crippen molar-refractivity contribution in [3.8, 4) is 5.75 Å². The zero-order chi connectivity index (χ0) is 17.6. The fraction of sp³-hybridized carbons (Fsp3) is 0.375. The summed E-state index contributed by atoms with van der Waals surface area (Å²) in [7, 11) is 0. The number of aliphatic carboxylic acids is 2. The second-order valence-electron chi connectivity index (χ2n) is 4.58. The summed E-state index contributed by atoms with van der Waals surface area (Å²) < 4.78 is 6.17. The van der Waals surface area contributed by atoms with Gasteiger partial charge in [0.25, 0.3) is 0 Å². The summed E-state index contributed by atoms with van der Waals surface area (Å²) in [5.74, 6) is -2.22. The molecule has 0 spiro atoms. The van der Waals surface area contributed by atoms with Gasteiger partial charge in [-0.1, -0.05) is 6.92 Å². The molecule has 0 aliphatic carbocycles. The first kappa shape index (κ1) is 19.0. The van der Waals surface area contributed by atoms with Crippen LogP contribution in [0.15, 0.2) is 33.9 Å². The van der Waals surface area contributed by atoms with Crippen LogP contribution >= 0.6 is 15.9 Å². The molecule has 0 aliphatic heterocycles. The molecule has 1 aromatic rings. The Morgan fingerprint density at radius 3 is 2.17 bits per heavy atom. The van der Waals surface area contributed by atoms with E-state index in [-0.39, 0.29) is 12.1 Å². The normalized spacial score (nSPS) is 10.1. The van der Waals surface area contributed by atoms with Gasteiger partial charge in [0.2, 0.25) is 0 Å². The van der Waals surface area contributed by atoms with Crippen LogP contribution in [0.3, 0.4) is 0 Å². The van der Waals surface area contributed by atoms with Gasteiger partial charge in [-0.3, -0.25) is 0 Å². The number of benzene rings is 1. The molecule has 0 aliphatic rings. The number of rotatable bonds is 8. The smallest absolute Gasteiger partial charge is 0.344 e. The maximum Gasteiger partial charge on any atom is 0.344 e. The minimum atomic E-state index is -1.45. The van der Waals surface area contributed by atoms with E-state index in [0.29, 0.717) is 24.6 Å². The van der Waals surface area contributed by atoms with Crippen molar-refractivity contribution in [3.05, 3.63) is 33.9 Å². The summed E-state index contributed by atoms with van der Waals surface area (Å²) >= 11 is 3.41. The summed E-state index contributed by atoms with van der Waals surface area (Å²) in [5.41, 5.74) is 0.336. The van der Waals surface area contributed by atoms with E-state index in [4.69, 9.17) is 4.74 Å². The maximum atomic E-state index is 11.3. The van der Waals surface area contributed by atoms with Gasteiger partial charge in [-0.25, -0.2) is 9.59 Å². The van der Waals surface area contributed by atoms with Gasteiger partial charge in [-0.15, -0.1) is 0 Å². The van der Waals surface area contributed by atoms with Crippen LogP contribution in [0.4, 0.5) is 5.69 Å². The quantitative estimate of drug-likeness (QED) is 0.404. The van der Waals surface area contributed by atoms with Crippen LogP contribution in [0.2, 0.25) is 0 Å². The van der Waals surface area contributed by atoms with Gasteiger partial charge < -0.3 is 19.8 Å². The minimum Gasteiger partial charge on any atom is -0.493 e. The monoisotopic (exact) mass is 385 g/mol. The fourth-order valence-corrected chi connectivity index (χ4v) is 2.78. The topological polar surface area (TPSA) is 87.1 Å². The summed E-state index contributed by atoms with van der Waals surface area (Å²) in [6.07, 6.45) is 0.284. The van der Waals surface area contributed by atoms with Gasteiger partial charge in [-0.2, -0.15) is 0 Å². The summed E-state index contributed by atoms with van der Waals surface area (Å²) in [6, 6.07) is 5.32. The molecular weight excluding hydrogens is 366 g/mol. The Bertz CT molecular complexity index is 611. The number of carboxylic acids is 2. The maximum absolute atomic E-state index is 11.3. The van der Waals surface area contributed by atoms with Gasteiger partial charge in [0.1, 0.15) is 5.75 Å². The lowest BCUT2D eigenvalue weighted by atomic mass is 10.1. The highest BCUT2D eigenvalue weighted by Crippen LogP contribution is 2.32. The second-order valence-corrected chi connectivity index (χ2v) is 5.43. The number of ether oxygens (including phenoxy) is 1. The van der Waals surface area contributed by atoms with E-state index in [1.54, 1.807) is 30.0 Å². The molecule has 0 unspecified atom stereocenters. The third-order valence-corrected chi connectivity index (χ3v) is 3.84. The number of carboxylic acid groups (broad SMARTS) is 2. The zero-order valence-corrected chi connectivity index (χ0v) is 14.9. The molecular formula is C16H20BrNO5. The van der Waals surface area contributed by atoms with Gasteiger partial charge in [0.15, 0.2) is 5.57 Å². The van der Waals surface area contributed by atoms with Crippen molar-refractivity contribution in [2.75, 3.05) is 18.1 Å². The second kappa shape index (κ2) is 8.57. The molecule has 6 nitrogen and oxygen atoms in total. The van der Waals surface area contributed by atoms with Crippen molar-refractivity contribution in [2.45, 2.75) is 27.2 Å². The molecule has 0 radical (unpaired) electrons. The molecule has 0 fully saturated rings. The van der Waals surface area contributed by atoms with Crippen LogP contribution in [-0.4, -0.2) is 35.3 Å². The van der Waals surface area contributed by atoms with Crippen molar-refractivity contribution in [1.82, 2.24) is 0 Å². The SMILES string of the molecule is CCOc1ccc(N(CC)C(CC)=C(C(=O)O)C(=O)O)cc1Br. The minimum absolute atomic E-state index is 0.253. The highest BCUT2D eigenvalue weighted by Gasteiger charge is 2.25. The number of anilines is 1. The van der Waals surface area contributed by atoms with Crippen molar-refractivity contribution in [3.63, 3.8) is 0 Å². The van der Waals surface area contributed by atoms with Crippen LogP contribution in [0.5, 0.6) is 5.75 Å². The molecule has 1 aromatic carbocycles. The molecule has 0 saturated carbocycles. The van der Waals surface area contributed by atoms with Crippen molar-refractivity contribution >= 4 is 33.6 Å². The molecule has 0 saturated heterocycles. The Balaban J connectivity index is 3.40. The molecule has 0 bridgehead atoms. The molecule has 23 heavy (non-hydrogen) atoms. The van der Waals surface area contributed by atoms with Crippen LogP contribution in [0.25, 0.3) is 0 Å². The molecule has 0 aromatic heterocycles. The Morgan fingerprint density at radius 2 is 1.78 bits per heavy atom. The van der Waals surface area contributed by atoms with Gasteiger partial charge >= 0.3 is 11.9 Å². The third-order valence-electron chi connectivity index (χ3n) is 3.22. The Labute approximate surface area is 143 Å². The lowest BCUT2D eigenvalue weighted by molar-refractivity contribution is -0.140. The van der Waals surface area contributed by atoms with Gasteiger partial charge in [-0.05, 0) is 54.4 Å². The van der Waals surface area contributed by atoms with E-state index in [1.807, 2.05) is 13.8 Å². The lowest BCUT2D eigenvalue weighted by Crippen LogP contribution is -2.27. The lowest BCUT2D eigenvalue weighted by Gasteiger charge is -2.27. The van der Waals surface area contributed by atoms with Crippen molar-refractivity contribution in [2.24, 2.45) is 0 Å². The first-order chi connectivity index (χ1) is 10.9. The van der Waals surface area contributed by atoms with E-state index in [9.17, 15) is 19.8 Å². The average Bonchev–Trinajstić information content (AvgIpc) is 2.48. The number of hydrogen-bond acceptors (Lipinski definition) is 4. The summed E-state index contributed by atoms with van der Waals surface area (Å²) in [4.78, 5) is 24.3. The first-order valence-electron chi connectivity index (χ1n) is 7.26. The van der Waals surface area contributed by atoms with Crippen LogP contribution in [0.1, 0.15) is 27.2 Å². The van der Waals surface area contributed by atoms with E-state index < -0.39 is 17.5 Å². The third kappa shape index (κ3) is 4.48. The first-order valence-corrected chi connectivity index (χ1v) is 8.06.